The van der Waals surface area contributed by atoms with E-state index in [0.29, 0.717) is 0 Å². The van der Waals surface area contributed by atoms with Gasteiger partial charge in [0, 0.05) is 5.02 Å². The number of halogens is 1. The number of benzene rings is 1. The Kier molecular flexibility index (Phi) is 4.63. The second-order valence-electron chi connectivity index (χ2n) is 3.04. The van der Waals surface area contributed by atoms with E-state index >= 15 is 0 Å². The van der Waals surface area contributed by atoms with Gasteiger partial charge in [0.05, 0.1) is 0 Å². The van der Waals surface area contributed by atoms with Crippen LogP contribution in [0.1, 0.15) is 25.3 Å². The van der Waals surface area contributed by atoms with Crippen molar-refractivity contribution in [3.8, 4) is 0 Å². The molecule has 1 aromatic carbocycles. The first kappa shape index (κ1) is 10.3. The third-order valence-electron chi connectivity index (χ3n) is 1.92. The van der Waals surface area contributed by atoms with Crippen molar-refractivity contribution in [2.45, 2.75) is 26.2 Å². The molecule has 0 nitrogen and oxygen atoms in total. The van der Waals surface area contributed by atoms with Crippen molar-refractivity contribution >= 4 is 11.6 Å². The van der Waals surface area contributed by atoms with Crippen LogP contribution >= 0.6 is 11.6 Å². The monoisotopic (exact) mass is 194 g/mol. The molecule has 70 valence electrons. The van der Waals surface area contributed by atoms with Crippen molar-refractivity contribution in [1.29, 1.82) is 0 Å². The second-order valence-corrected chi connectivity index (χ2v) is 3.48. The number of rotatable bonds is 4. The molecule has 0 heterocycles. The number of allylic oxidation sites excluding steroid dienone is 2. The van der Waals surface area contributed by atoms with E-state index in [9.17, 15) is 0 Å². The van der Waals surface area contributed by atoms with Gasteiger partial charge in [-0.2, -0.15) is 0 Å². The highest BCUT2D eigenvalue weighted by Gasteiger charge is 1.90. The van der Waals surface area contributed by atoms with E-state index in [1.807, 2.05) is 12.1 Å². The molecule has 1 heteroatoms. The van der Waals surface area contributed by atoms with Crippen LogP contribution in [0.2, 0.25) is 5.02 Å². The standard InChI is InChI=1S/C12H15Cl/c1-2-3-4-5-6-11-7-9-12(13)10-8-11/h3-4,7-10H,2,5-6H2,1H3. The third-order valence-corrected chi connectivity index (χ3v) is 2.17. The van der Waals surface area contributed by atoms with Crippen LogP contribution in [0.5, 0.6) is 0 Å². The second kappa shape index (κ2) is 5.82. The van der Waals surface area contributed by atoms with Crippen molar-refractivity contribution in [2.75, 3.05) is 0 Å². The van der Waals surface area contributed by atoms with Crippen molar-refractivity contribution in [3.63, 3.8) is 0 Å². The maximum atomic E-state index is 5.78. The lowest BCUT2D eigenvalue weighted by atomic mass is 10.1. The first-order valence-corrected chi connectivity index (χ1v) is 5.10. The molecular weight excluding hydrogens is 180 g/mol. The molecule has 0 aliphatic rings. The minimum atomic E-state index is 0.813. The normalized spacial score (nSPS) is 10.9. The summed E-state index contributed by atoms with van der Waals surface area (Å²) in [7, 11) is 0. The van der Waals surface area contributed by atoms with Crippen molar-refractivity contribution < 1.29 is 0 Å². The smallest absolute Gasteiger partial charge is 0.0406 e. The van der Waals surface area contributed by atoms with Crippen molar-refractivity contribution in [2.24, 2.45) is 0 Å². The molecule has 1 rings (SSSR count). The van der Waals surface area contributed by atoms with E-state index < -0.39 is 0 Å². The summed E-state index contributed by atoms with van der Waals surface area (Å²) < 4.78 is 0. The number of hydrogen-bond acceptors (Lipinski definition) is 0. The summed E-state index contributed by atoms with van der Waals surface area (Å²) in [5.74, 6) is 0. The fourth-order valence-electron chi connectivity index (χ4n) is 1.19. The fourth-order valence-corrected chi connectivity index (χ4v) is 1.31. The Balaban J connectivity index is 2.37. The summed E-state index contributed by atoms with van der Waals surface area (Å²) >= 11 is 5.78. The molecule has 0 radical (unpaired) electrons. The zero-order chi connectivity index (χ0) is 9.52. The van der Waals surface area contributed by atoms with Gasteiger partial charge < -0.3 is 0 Å². The van der Waals surface area contributed by atoms with Crippen LogP contribution in [0.15, 0.2) is 36.4 Å². The maximum absolute atomic E-state index is 5.78. The summed E-state index contributed by atoms with van der Waals surface area (Å²) in [4.78, 5) is 0. The summed E-state index contributed by atoms with van der Waals surface area (Å²) in [6.07, 6.45) is 7.79. The van der Waals surface area contributed by atoms with E-state index in [1.165, 1.54) is 5.56 Å². The first-order chi connectivity index (χ1) is 6.33. The molecule has 0 atom stereocenters. The zero-order valence-electron chi connectivity index (χ0n) is 7.96. The van der Waals surface area contributed by atoms with Crippen LogP contribution < -0.4 is 0 Å². The van der Waals surface area contributed by atoms with Crippen LogP contribution in [0.25, 0.3) is 0 Å². The minimum Gasteiger partial charge on any atom is -0.0888 e. The van der Waals surface area contributed by atoms with Crippen molar-refractivity contribution in [1.82, 2.24) is 0 Å². The Hall–Kier alpha value is -0.750. The van der Waals surface area contributed by atoms with Crippen LogP contribution in [-0.4, -0.2) is 0 Å². The Morgan fingerprint density at radius 3 is 2.46 bits per heavy atom. The Morgan fingerprint density at radius 2 is 1.85 bits per heavy atom. The average molecular weight is 195 g/mol. The molecule has 1 aromatic rings. The van der Waals surface area contributed by atoms with Crippen molar-refractivity contribution in [3.05, 3.63) is 47.0 Å². The summed E-state index contributed by atoms with van der Waals surface area (Å²) in [6, 6.07) is 8.06. The lowest BCUT2D eigenvalue weighted by molar-refractivity contribution is 0.992. The molecular formula is C12H15Cl. The van der Waals surface area contributed by atoms with Gasteiger partial charge in [-0.15, -0.1) is 0 Å². The van der Waals surface area contributed by atoms with E-state index in [4.69, 9.17) is 11.6 Å². The first-order valence-electron chi connectivity index (χ1n) is 4.72. The van der Waals surface area contributed by atoms with Crippen LogP contribution in [0, 0.1) is 0 Å². The van der Waals surface area contributed by atoms with E-state index in [2.05, 4.69) is 31.2 Å². The molecule has 0 aliphatic heterocycles. The molecule has 0 fully saturated rings. The largest absolute Gasteiger partial charge is 0.0888 e. The topological polar surface area (TPSA) is 0 Å². The molecule has 0 aromatic heterocycles. The molecule has 0 saturated carbocycles. The Labute approximate surface area is 85.2 Å². The van der Waals surface area contributed by atoms with E-state index in [-0.39, 0.29) is 0 Å². The van der Waals surface area contributed by atoms with Gasteiger partial charge in [-0.25, -0.2) is 0 Å². The highest BCUT2D eigenvalue weighted by molar-refractivity contribution is 6.30. The van der Waals surface area contributed by atoms with Gasteiger partial charge in [-0.3, -0.25) is 0 Å². The summed E-state index contributed by atoms with van der Waals surface area (Å²) in [6.45, 7) is 2.15. The highest BCUT2D eigenvalue weighted by Crippen LogP contribution is 2.10. The van der Waals surface area contributed by atoms with Gasteiger partial charge in [0.1, 0.15) is 0 Å². The Bertz CT molecular complexity index is 259. The predicted octanol–water partition coefficient (Wildman–Crippen LogP) is 4.24. The Morgan fingerprint density at radius 1 is 1.15 bits per heavy atom. The van der Waals surface area contributed by atoms with Gasteiger partial charge in [-0.1, -0.05) is 42.8 Å². The average Bonchev–Trinajstić information content (AvgIpc) is 2.15. The fraction of sp³-hybridized carbons (Fsp3) is 0.333. The number of aryl methyl sites for hydroxylation is 1. The third kappa shape index (κ3) is 4.14. The molecule has 0 spiro atoms. The van der Waals surface area contributed by atoms with E-state index in [1.54, 1.807) is 0 Å². The molecule has 0 bridgehead atoms. The molecule has 0 unspecified atom stereocenters. The van der Waals surface area contributed by atoms with Gasteiger partial charge in [0.25, 0.3) is 0 Å². The lowest BCUT2D eigenvalue weighted by Crippen LogP contribution is -1.81. The minimum absolute atomic E-state index is 0.813. The quantitative estimate of drug-likeness (QED) is 0.629. The molecule has 0 N–H and O–H groups in total. The van der Waals surface area contributed by atoms with Crippen LogP contribution in [0.4, 0.5) is 0 Å². The lowest BCUT2D eigenvalue weighted by Gasteiger charge is -1.97. The molecule has 0 amide bonds. The highest BCUT2D eigenvalue weighted by atomic mass is 35.5. The zero-order valence-corrected chi connectivity index (χ0v) is 8.72. The predicted molar refractivity (Wildman–Crippen MR) is 59.2 cm³/mol. The van der Waals surface area contributed by atoms with E-state index in [0.717, 1.165) is 24.3 Å². The number of hydrogen-bond donors (Lipinski definition) is 0. The SMILES string of the molecule is CCC=CCCc1ccc(Cl)cc1. The summed E-state index contributed by atoms with van der Waals surface area (Å²) in [5.41, 5.74) is 1.35. The maximum Gasteiger partial charge on any atom is 0.0406 e. The van der Waals surface area contributed by atoms with Crippen LogP contribution in [-0.2, 0) is 6.42 Å². The van der Waals surface area contributed by atoms with Gasteiger partial charge in [0.2, 0.25) is 0 Å². The van der Waals surface area contributed by atoms with Gasteiger partial charge in [-0.05, 0) is 37.0 Å². The molecule has 13 heavy (non-hydrogen) atoms. The molecule has 0 aliphatic carbocycles. The molecule has 0 saturated heterocycles. The van der Waals surface area contributed by atoms with Gasteiger partial charge >= 0.3 is 0 Å². The summed E-state index contributed by atoms with van der Waals surface area (Å²) in [5, 5.41) is 0.813. The van der Waals surface area contributed by atoms with Gasteiger partial charge in [0.15, 0.2) is 0 Å². The van der Waals surface area contributed by atoms with Crippen LogP contribution in [0.3, 0.4) is 0 Å².